The lowest BCUT2D eigenvalue weighted by Crippen LogP contribution is -2.37. The first-order valence-electron chi connectivity index (χ1n) is 10.0. The van der Waals surface area contributed by atoms with Crippen LogP contribution in [0.2, 0.25) is 0 Å². The summed E-state index contributed by atoms with van der Waals surface area (Å²) in [5.74, 6) is -0.863. The van der Waals surface area contributed by atoms with Gasteiger partial charge in [0.25, 0.3) is 5.91 Å². The predicted molar refractivity (Wildman–Crippen MR) is 113 cm³/mol. The summed E-state index contributed by atoms with van der Waals surface area (Å²) in [7, 11) is 4.66. The van der Waals surface area contributed by atoms with E-state index in [0.717, 1.165) is 5.56 Å². The van der Waals surface area contributed by atoms with Gasteiger partial charge in [0.15, 0.2) is 0 Å². The minimum absolute atomic E-state index is 0.0108. The van der Waals surface area contributed by atoms with Gasteiger partial charge in [-0.25, -0.2) is 4.39 Å². The molecule has 0 saturated carbocycles. The van der Waals surface area contributed by atoms with E-state index in [4.69, 9.17) is 14.2 Å². The van der Waals surface area contributed by atoms with Gasteiger partial charge in [0.05, 0.1) is 32.3 Å². The van der Waals surface area contributed by atoms with E-state index in [2.05, 4.69) is 5.32 Å². The first-order valence-corrected chi connectivity index (χ1v) is 10.0. The number of methoxy groups -OCH3 is 3. The molecule has 1 fully saturated rings. The topological polar surface area (TPSA) is 77.1 Å². The zero-order valence-corrected chi connectivity index (χ0v) is 17.9. The van der Waals surface area contributed by atoms with Crippen LogP contribution in [-0.4, -0.2) is 64.3 Å². The zero-order chi connectivity index (χ0) is 22.4. The molecule has 2 amide bonds. The Kier molecular flexibility index (Phi) is 7.46. The molecule has 0 unspecified atom stereocenters. The van der Waals surface area contributed by atoms with Gasteiger partial charge in [-0.05, 0) is 18.2 Å². The number of nitrogens with one attached hydrogen (secondary N) is 1. The van der Waals surface area contributed by atoms with Crippen LogP contribution in [0.1, 0.15) is 21.8 Å². The lowest BCUT2D eigenvalue weighted by atomic mass is 9.87. The molecular formula is C23H27FN2O5. The molecule has 0 spiro atoms. The standard InChI is InChI=1S/C23H27FN2O5/c1-29-11-10-25-22(27)19-14-26(23(28)17-6-4-5-7-20(17)24)13-18(19)16-9-8-15(30-2)12-21(16)31-3/h4-9,12,18-19H,10-11,13-14H2,1-3H3,(H,25,27)/t18-,19-/m0/s1. The highest BCUT2D eigenvalue weighted by atomic mass is 19.1. The summed E-state index contributed by atoms with van der Waals surface area (Å²) >= 11 is 0. The Labute approximate surface area is 181 Å². The Hall–Kier alpha value is -3.13. The first-order chi connectivity index (χ1) is 15.0. The SMILES string of the molecule is COCCNC(=O)[C@H]1CN(C(=O)c2ccccc2F)C[C@H]1c1ccc(OC)cc1OC. The van der Waals surface area contributed by atoms with Gasteiger partial charge in [-0.2, -0.15) is 0 Å². The van der Waals surface area contributed by atoms with Gasteiger partial charge in [0.1, 0.15) is 17.3 Å². The maximum absolute atomic E-state index is 14.2. The molecule has 1 heterocycles. The fourth-order valence-corrected chi connectivity index (χ4v) is 3.89. The normalized spacial score (nSPS) is 18.0. The molecular weight excluding hydrogens is 403 g/mol. The van der Waals surface area contributed by atoms with Gasteiger partial charge in [0, 0.05) is 44.3 Å². The van der Waals surface area contributed by atoms with E-state index in [0.29, 0.717) is 24.7 Å². The molecule has 1 saturated heterocycles. The summed E-state index contributed by atoms with van der Waals surface area (Å²) in [6, 6.07) is 11.2. The molecule has 0 aromatic heterocycles. The quantitative estimate of drug-likeness (QED) is 0.651. The summed E-state index contributed by atoms with van der Waals surface area (Å²) in [6.07, 6.45) is 0. The van der Waals surface area contributed by atoms with Crippen molar-refractivity contribution in [2.75, 3.05) is 47.6 Å². The smallest absolute Gasteiger partial charge is 0.256 e. The third-order valence-corrected chi connectivity index (χ3v) is 5.49. The largest absolute Gasteiger partial charge is 0.497 e. The van der Waals surface area contributed by atoms with Gasteiger partial charge in [0.2, 0.25) is 5.91 Å². The van der Waals surface area contributed by atoms with Crippen molar-refractivity contribution >= 4 is 11.8 Å². The van der Waals surface area contributed by atoms with Crippen LogP contribution in [-0.2, 0) is 9.53 Å². The minimum atomic E-state index is -0.584. The number of halogens is 1. The molecule has 3 rings (SSSR count). The average molecular weight is 430 g/mol. The van der Waals surface area contributed by atoms with Crippen LogP contribution in [0.4, 0.5) is 4.39 Å². The Morgan fingerprint density at radius 2 is 1.87 bits per heavy atom. The predicted octanol–water partition coefficient (Wildman–Crippen LogP) is 2.46. The molecule has 1 aliphatic rings. The molecule has 1 aliphatic heterocycles. The van der Waals surface area contributed by atoms with Crippen LogP contribution >= 0.6 is 0 Å². The van der Waals surface area contributed by atoms with E-state index < -0.39 is 17.6 Å². The molecule has 1 N–H and O–H groups in total. The van der Waals surface area contributed by atoms with Crippen LogP contribution in [0.15, 0.2) is 42.5 Å². The fourth-order valence-electron chi connectivity index (χ4n) is 3.89. The second-order valence-corrected chi connectivity index (χ2v) is 7.29. The highest BCUT2D eigenvalue weighted by molar-refractivity contribution is 5.95. The maximum Gasteiger partial charge on any atom is 0.256 e. The number of nitrogens with zero attached hydrogens (tertiary/aromatic N) is 1. The molecule has 7 nitrogen and oxygen atoms in total. The van der Waals surface area contributed by atoms with Gasteiger partial charge in [-0.15, -0.1) is 0 Å². The molecule has 0 aliphatic carbocycles. The van der Waals surface area contributed by atoms with Crippen molar-refractivity contribution < 1.29 is 28.2 Å². The van der Waals surface area contributed by atoms with Crippen LogP contribution in [0, 0.1) is 11.7 Å². The first kappa shape index (κ1) is 22.6. The summed E-state index contributed by atoms with van der Waals surface area (Å²) in [4.78, 5) is 27.5. The average Bonchev–Trinajstić information content (AvgIpc) is 3.24. The second-order valence-electron chi connectivity index (χ2n) is 7.29. The van der Waals surface area contributed by atoms with Crippen molar-refractivity contribution in [1.29, 1.82) is 0 Å². The highest BCUT2D eigenvalue weighted by Gasteiger charge is 2.42. The van der Waals surface area contributed by atoms with E-state index in [-0.39, 0.29) is 30.5 Å². The molecule has 2 aromatic carbocycles. The Bertz CT molecular complexity index is 936. The minimum Gasteiger partial charge on any atom is -0.497 e. The summed E-state index contributed by atoms with van der Waals surface area (Å²) in [5.41, 5.74) is 0.780. The molecule has 31 heavy (non-hydrogen) atoms. The third-order valence-electron chi connectivity index (χ3n) is 5.49. The highest BCUT2D eigenvalue weighted by Crippen LogP contribution is 2.39. The number of carbonyl (C=O) groups is 2. The van der Waals surface area contributed by atoms with E-state index in [1.165, 1.54) is 23.1 Å². The molecule has 8 heteroatoms. The number of hydrogen-bond acceptors (Lipinski definition) is 5. The molecule has 166 valence electrons. The van der Waals surface area contributed by atoms with Crippen molar-refractivity contribution in [2.24, 2.45) is 5.92 Å². The van der Waals surface area contributed by atoms with Gasteiger partial charge in [-0.1, -0.05) is 18.2 Å². The van der Waals surface area contributed by atoms with Gasteiger partial charge >= 0.3 is 0 Å². The Balaban J connectivity index is 1.92. The molecule has 2 aromatic rings. The third kappa shape index (κ3) is 4.96. The zero-order valence-electron chi connectivity index (χ0n) is 17.9. The van der Waals surface area contributed by atoms with Crippen molar-refractivity contribution in [3.63, 3.8) is 0 Å². The number of benzene rings is 2. The number of rotatable bonds is 8. The number of likely N-dealkylation sites (tertiary alicyclic amines) is 1. The van der Waals surface area contributed by atoms with Gasteiger partial charge < -0.3 is 24.4 Å². The summed E-state index contributed by atoms with van der Waals surface area (Å²) in [6.45, 7) is 1.18. The van der Waals surface area contributed by atoms with Crippen LogP contribution in [0.25, 0.3) is 0 Å². The van der Waals surface area contributed by atoms with Crippen molar-refractivity contribution in [2.45, 2.75) is 5.92 Å². The molecule has 0 radical (unpaired) electrons. The number of ether oxygens (including phenoxy) is 3. The van der Waals surface area contributed by atoms with E-state index in [1.54, 1.807) is 39.5 Å². The maximum atomic E-state index is 14.2. The Morgan fingerprint density at radius 1 is 1.10 bits per heavy atom. The van der Waals surface area contributed by atoms with Gasteiger partial charge in [-0.3, -0.25) is 9.59 Å². The number of hydrogen-bond donors (Lipinski definition) is 1. The lowest BCUT2D eigenvalue weighted by Gasteiger charge is -2.21. The Morgan fingerprint density at radius 3 is 2.55 bits per heavy atom. The summed E-state index contributed by atoms with van der Waals surface area (Å²) in [5, 5.41) is 2.85. The van der Waals surface area contributed by atoms with Crippen molar-refractivity contribution in [3.8, 4) is 11.5 Å². The second kappa shape index (κ2) is 10.3. The van der Waals surface area contributed by atoms with Crippen LogP contribution < -0.4 is 14.8 Å². The van der Waals surface area contributed by atoms with E-state index in [9.17, 15) is 14.0 Å². The van der Waals surface area contributed by atoms with Crippen molar-refractivity contribution in [3.05, 3.63) is 59.4 Å². The van der Waals surface area contributed by atoms with Crippen molar-refractivity contribution in [1.82, 2.24) is 10.2 Å². The van der Waals surface area contributed by atoms with Crippen LogP contribution in [0.3, 0.4) is 0 Å². The number of carbonyl (C=O) groups excluding carboxylic acids is 2. The number of amides is 2. The monoisotopic (exact) mass is 430 g/mol. The van der Waals surface area contributed by atoms with E-state index >= 15 is 0 Å². The molecule has 0 bridgehead atoms. The summed E-state index contributed by atoms with van der Waals surface area (Å²) < 4.78 is 30.0. The van der Waals surface area contributed by atoms with E-state index in [1.807, 2.05) is 6.07 Å². The fraction of sp³-hybridized carbons (Fsp3) is 0.391. The van der Waals surface area contributed by atoms with Crippen LogP contribution in [0.5, 0.6) is 11.5 Å². The lowest BCUT2D eigenvalue weighted by molar-refractivity contribution is -0.125. The molecule has 2 atom stereocenters.